The van der Waals surface area contributed by atoms with Gasteiger partial charge in [0.1, 0.15) is 11.3 Å². The van der Waals surface area contributed by atoms with Gasteiger partial charge in [0.05, 0.1) is 6.61 Å². The van der Waals surface area contributed by atoms with E-state index in [1.165, 1.54) is 6.07 Å². The molecule has 20 heavy (non-hydrogen) atoms. The molecule has 1 amide bonds. The van der Waals surface area contributed by atoms with Crippen LogP contribution in [0, 0.1) is 5.82 Å². The summed E-state index contributed by atoms with van der Waals surface area (Å²) < 4.78 is 18.5. The highest BCUT2D eigenvalue weighted by atomic mass is 19.1. The van der Waals surface area contributed by atoms with E-state index in [0.717, 1.165) is 5.39 Å². The fourth-order valence-corrected chi connectivity index (χ4v) is 1.91. The van der Waals surface area contributed by atoms with Crippen LogP contribution in [0.4, 0.5) is 4.39 Å². The van der Waals surface area contributed by atoms with Crippen LogP contribution in [0.1, 0.15) is 12.1 Å². The maximum absolute atomic E-state index is 13.6. The van der Waals surface area contributed by atoms with Crippen LogP contribution in [-0.4, -0.2) is 31.2 Å². The second kappa shape index (κ2) is 6.96. The lowest BCUT2D eigenvalue weighted by Crippen LogP contribution is -2.27. The summed E-state index contributed by atoms with van der Waals surface area (Å²) in [6, 6.07) is 8.50. The zero-order valence-corrected chi connectivity index (χ0v) is 11.4. The highest BCUT2D eigenvalue weighted by Crippen LogP contribution is 2.16. The van der Waals surface area contributed by atoms with Gasteiger partial charge in [0.15, 0.2) is 0 Å². The Bertz CT molecular complexity index is 601. The number of nitrogens with one attached hydrogen (secondary N) is 1. The minimum absolute atomic E-state index is 0.0579. The third-order valence-corrected chi connectivity index (χ3v) is 2.97. The lowest BCUT2D eigenvalue weighted by molar-refractivity contribution is -0.121. The molecule has 0 spiro atoms. The topological polar surface area (TPSA) is 51.2 Å². The number of nitrogens with zero attached hydrogens (tertiary/aromatic N) is 1. The average Bonchev–Trinajstić information content (AvgIpc) is 2.46. The van der Waals surface area contributed by atoms with E-state index >= 15 is 0 Å². The Balaban J connectivity index is 1.96. The number of amides is 1. The minimum atomic E-state index is -0.339. The van der Waals surface area contributed by atoms with Crippen LogP contribution in [-0.2, 0) is 16.0 Å². The van der Waals surface area contributed by atoms with Crippen LogP contribution < -0.4 is 5.32 Å². The van der Waals surface area contributed by atoms with Crippen LogP contribution in [0.5, 0.6) is 0 Å². The van der Waals surface area contributed by atoms with Crippen molar-refractivity contribution in [3.05, 3.63) is 41.8 Å². The minimum Gasteiger partial charge on any atom is -0.383 e. The Morgan fingerprint density at radius 3 is 3.00 bits per heavy atom. The zero-order chi connectivity index (χ0) is 14.4. The van der Waals surface area contributed by atoms with E-state index in [2.05, 4.69) is 10.3 Å². The first-order valence-electron chi connectivity index (χ1n) is 6.50. The predicted octanol–water partition coefficient (Wildman–Crippen LogP) is 2.07. The summed E-state index contributed by atoms with van der Waals surface area (Å²) in [7, 11) is 1.58. The molecule has 106 valence electrons. The van der Waals surface area contributed by atoms with Crippen molar-refractivity contribution in [1.29, 1.82) is 0 Å². The van der Waals surface area contributed by atoms with Crippen LogP contribution in [0.2, 0.25) is 0 Å². The molecule has 0 bridgehead atoms. The Kier molecular flexibility index (Phi) is 5.01. The quantitative estimate of drug-likeness (QED) is 0.822. The summed E-state index contributed by atoms with van der Waals surface area (Å²) in [5, 5.41) is 3.50. The second-order valence-corrected chi connectivity index (χ2v) is 4.46. The van der Waals surface area contributed by atoms with Gasteiger partial charge in [0.2, 0.25) is 5.91 Å². The molecular formula is C15H17FN2O2. The molecule has 0 atom stereocenters. The molecule has 1 heterocycles. The van der Waals surface area contributed by atoms with E-state index in [1.54, 1.807) is 13.2 Å². The molecule has 0 aliphatic rings. The van der Waals surface area contributed by atoms with Crippen LogP contribution in [0.25, 0.3) is 10.9 Å². The van der Waals surface area contributed by atoms with Crippen molar-refractivity contribution in [3.63, 3.8) is 0 Å². The largest absolute Gasteiger partial charge is 0.383 e. The van der Waals surface area contributed by atoms with Crippen molar-refractivity contribution in [2.45, 2.75) is 12.8 Å². The number of halogens is 1. The first kappa shape index (κ1) is 14.4. The standard InChI is InChI=1S/C15H17FN2O2/c1-20-10-9-17-14(19)8-7-12-6-5-11-3-2-4-13(16)15(11)18-12/h2-6H,7-10H2,1H3,(H,17,19). The number of ether oxygens (including phenoxy) is 1. The molecule has 0 radical (unpaired) electrons. The summed E-state index contributed by atoms with van der Waals surface area (Å²) >= 11 is 0. The number of methoxy groups -OCH3 is 1. The molecule has 0 saturated carbocycles. The number of hydrogen-bond acceptors (Lipinski definition) is 3. The number of hydrogen-bond donors (Lipinski definition) is 1. The van der Waals surface area contributed by atoms with Crippen molar-refractivity contribution < 1.29 is 13.9 Å². The van der Waals surface area contributed by atoms with Crippen LogP contribution in [0.3, 0.4) is 0 Å². The van der Waals surface area contributed by atoms with Gasteiger partial charge in [-0.1, -0.05) is 18.2 Å². The first-order chi connectivity index (χ1) is 9.70. The predicted molar refractivity (Wildman–Crippen MR) is 74.9 cm³/mol. The molecule has 0 fully saturated rings. The Morgan fingerprint density at radius 1 is 1.35 bits per heavy atom. The maximum atomic E-state index is 13.6. The van der Waals surface area contributed by atoms with Gasteiger partial charge in [-0.15, -0.1) is 0 Å². The van der Waals surface area contributed by atoms with Gasteiger partial charge in [-0.2, -0.15) is 0 Å². The number of pyridine rings is 1. The lowest BCUT2D eigenvalue weighted by Gasteiger charge is -2.05. The monoisotopic (exact) mass is 276 g/mol. The van der Waals surface area contributed by atoms with E-state index in [-0.39, 0.29) is 11.7 Å². The number of rotatable bonds is 6. The number of carbonyl (C=O) groups is 1. The summed E-state index contributed by atoms with van der Waals surface area (Å²) in [4.78, 5) is 15.8. The smallest absolute Gasteiger partial charge is 0.220 e. The molecule has 5 heteroatoms. The summed E-state index contributed by atoms with van der Waals surface area (Å²) in [6.45, 7) is 0.986. The van der Waals surface area contributed by atoms with Gasteiger partial charge in [-0.25, -0.2) is 9.37 Å². The number of fused-ring (bicyclic) bond motifs is 1. The number of benzene rings is 1. The molecule has 1 aromatic heterocycles. The highest BCUT2D eigenvalue weighted by molar-refractivity contribution is 5.79. The van der Waals surface area contributed by atoms with Gasteiger partial charge in [0.25, 0.3) is 0 Å². The molecule has 0 saturated heterocycles. The van der Waals surface area contributed by atoms with Gasteiger partial charge in [-0.3, -0.25) is 4.79 Å². The van der Waals surface area contributed by atoms with E-state index in [9.17, 15) is 9.18 Å². The number of carbonyl (C=O) groups excluding carboxylic acids is 1. The van der Waals surface area contributed by atoms with Crippen molar-refractivity contribution in [2.24, 2.45) is 0 Å². The Labute approximate surface area is 117 Å². The van der Waals surface area contributed by atoms with Crippen molar-refractivity contribution in [1.82, 2.24) is 10.3 Å². The van der Waals surface area contributed by atoms with Gasteiger partial charge in [0, 0.05) is 31.2 Å². The molecule has 2 rings (SSSR count). The van der Waals surface area contributed by atoms with Gasteiger partial charge >= 0.3 is 0 Å². The maximum Gasteiger partial charge on any atom is 0.220 e. The van der Waals surface area contributed by atoms with Crippen molar-refractivity contribution in [3.8, 4) is 0 Å². The number of aryl methyl sites for hydroxylation is 1. The van der Waals surface area contributed by atoms with E-state index in [0.29, 0.717) is 37.2 Å². The fourth-order valence-electron chi connectivity index (χ4n) is 1.91. The molecule has 1 N–H and O–H groups in total. The second-order valence-electron chi connectivity index (χ2n) is 4.46. The molecule has 1 aromatic carbocycles. The third-order valence-electron chi connectivity index (χ3n) is 2.97. The van der Waals surface area contributed by atoms with Gasteiger partial charge < -0.3 is 10.1 Å². The zero-order valence-electron chi connectivity index (χ0n) is 11.4. The Morgan fingerprint density at radius 2 is 2.20 bits per heavy atom. The van der Waals surface area contributed by atoms with E-state index in [4.69, 9.17) is 4.74 Å². The van der Waals surface area contributed by atoms with Crippen molar-refractivity contribution >= 4 is 16.8 Å². The number of para-hydroxylation sites is 1. The molecule has 0 aliphatic carbocycles. The molecule has 4 nitrogen and oxygen atoms in total. The summed E-state index contributed by atoms with van der Waals surface area (Å²) in [6.07, 6.45) is 0.819. The molecular weight excluding hydrogens is 259 g/mol. The summed E-state index contributed by atoms with van der Waals surface area (Å²) in [5.41, 5.74) is 1.06. The number of aromatic nitrogens is 1. The highest BCUT2D eigenvalue weighted by Gasteiger charge is 2.06. The first-order valence-corrected chi connectivity index (χ1v) is 6.50. The third kappa shape index (κ3) is 3.74. The van der Waals surface area contributed by atoms with Crippen LogP contribution in [0.15, 0.2) is 30.3 Å². The lowest BCUT2D eigenvalue weighted by atomic mass is 10.1. The molecule has 0 unspecified atom stereocenters. The van der Waals surface area contributed by atoms with E-state index < -0.39 is 0 Å². The average molecular weight is 276 g/mol. The Hall–Kier alpha value is -2.01. The van der Waals surface area contributed by atoms with E-state index in [1.807, 2.05) is 18.2 Å². The van der Waals surface area contributed by atoms with Crippen molar-refractivity contribution in [2.75, 3.05) is 20.3 Å². The molecule has 0 aliphatic heterocycles. The fraction of sp³-hybridized carbons (Fsp3) is 0.333. The summed E-state index contributed by atoms with van der Waals surface area (Å²) in [5.74, 6) is -0.397. The van der Waals surface area contributed by atoms with Gasteiger partial charge in [-0.05, 0) is 18.6 Å². The normalized spacial score (nSPS) is 10.7. The van der Waals surface area contributed by atoms with Crippen LogP contribution >= 0.6 is 0 Å². The SMILES string of the molecule is COCCNC(=O)CCc1ccc2cccc(F)c2n1. The molecule has 2 aromatic rings.